The summed E-state index contributed by atoms with van der Waals surface area (Å²) in [4.78, 5) is 4.39. The highest BCUT2D eigenvalue weighted by molar-refractivity contribution is 5.80. The van der Waals surface area contributed by atoms with Crippen LogP contribution in [0.15, 0.2) is 23.2 Å². The number of methoxy groups -OCH3 is 1. The molecule has 2 heterocycles. The van der Waals surface area contributed by atoms with E-state index in [0.717, 1.165) is 48.7 Å². The van der Waals surface area contributed by atoms with Crippen molar-refractivity contribution in [3.8, 4) is 11.5 Å². The Morgan fingerprint density at radius 1 is 1.22 bits per heavy atom. The second-order valence-electron chi connectivity index (χ2n) is 7.76. The summed E-state index contributed by atoms with van der Waals surface area (Å²) in [5.74, 6) is 2.47. The molecule has 3 fully saturated rings. The third-order valence-corrected chi connectivity index (χ3v) is 5.97. The minimum atomic E-state index is 0.295. The highest BCUT2D eigenvalue weighted by Gasteiger charge is 2.41. The molecule has 3 aliphatic rings. The van der Waals surface area contributed by atoms with E-state index in [1.807, 2.05) is 19.2 Å². The largest absolute Gasteiger partial charge is 0.493 e. The second-order valence-corrected chi connectivity index (χ2v) is 7.76. The average Bonchev–Trinajstić information content (AvgIpc) is 3.44. The Kier molecular flexibility index (Phi) is 5.72. The fourth-order valence-electron chi connectivity index (χ4n) is 4.51. The number of aliphatic imine (C=N–C) groups is 1. The number of fused-ring (bicyclic) bond motifs is 2. The van der Waals surface area contributed by atoms with Crippen LogP contribution in [0.5, 0.6) is 11.5 Å². The van der Waals surface area contributed by atoms with Crippen LogP contribution in [0.2, 0.25) is 0 Å². The van der Waals surface area contributed by atoms with Gasteiger partial charge < -0.3 is 24.8 Å². The second kappa shape index (κ2) is 8.38. The van der Waals surface area contributed by atoms with Gasteiger partial charge in [0.05, 0.1) is 31.5 Å². The molecule has 27 heavy (non-hydrogen) atoms. The molecule has 1 saturated carbocycles. The molecule has 148 valence electrons. The number of para-hydroxylation sites is 1. The first kappa shape index (κ1) is 18.4. The molecular weight excluding hydrogens is 342 g/mol. The van der Waals surface area contributed by atoms with E-state index < -0.39 is 0 Å². The lowest BCUT2D eigenvalue weighted by molar-refractivity contribution is 0.0992. The number of ether oxygens (including phenoxy) is 3. The van der Waals surface area contributed by atoms with Gasteiger partial charge in [-0.2, -0.15) is 0 Å². The van der Waals surface area contributed by atoms with E-state index in [1.165, 1.54) is 19.3 Å². The Morgan fingerprint density at radius 3 is 2.74 bits per heavy atom. The van der Waals surface area contributed by atoms with Gasteiger partial charge in [-0.3, -0.25) is 4.99 Å². The van der Waals surface area contributed by atoms with E-state index >= 15 is 0 Å². The van der Waals surface area contributed by atoms with Crippen LogP contribution in [-0.2, 0) is 11.3 Å². The van der Waals surface area contributed by atoms with Crippen molar-refractivity contribution in [1.82, 2.24) is 10.6 Å². The molecule has 1 aliphatic carbocycles. The lowest BCUT2D eigenvalue weighted by atomic mass is 9.96. The van der Waals surface area contributed by atoms with Gasteiger partial charge in [0.15, 0.2) is 17.5 Å². The van der Waals surface area contributed by atoms with Crippen molar-refractivity contribution in [2.24, 2.45) is 4.99 Å². The van der Waals surface area contributed by atoms with Crippen LogP contribution in [0.1, 0.15) is 50.5 Å². The van der Waals surface area contributed by atoms with E-state index in [4.69, 9.17) is 14.2 Å². The van der Waals surface area contributed by atoms with Gasteiger partial charge in [-0.1, -0.05) is 12.1 Å². The van der Waals surface area contributed by atoms with E-state index in [2.05, 4.69) is 21.7 Å². The summed E-state index contributed by atoms with van der Waals surface area (Å²) in [5.41, 5.74) is 1.09. The van der Waals surface area contributed by atoms with Gasteiger partial charge in [-0.25, -0.2) is 0 Å². The first-order chi connectivity index (χ1) is 13.3. The van der Waals surface area contributed by atoms with Gasteiger partial charge in [0.2, 0.25) is 0 Å². The molecule has 4 rings (SSSR count). The van der Waals surface area contributed by atoms with Crippen molar-refractivity contribution in [3.05, 3.63) is 23.8 Å². The quantitative estimate of drug-likeness (QED) is 0.593. The number of nitrogens with one attached hydrogen (secondary N) is 2. The Balaban J connectivity index is 1.40. The summed E-state index contributed by atoms with van der Waals surface area (Å²) < 4.78 is 17.8. The first-order valence-electron chi connectivity index (χ1n) is 10.2. The van der Waals surface area contributed by atoms with Gasteiger partial charge in [0.25, 0.3) is 0 Å². The molecular formula is C21H31N3O3. The molecule has 6 nitrogen and oxygen atoms in total. The van der Waals surface area contributed by atoms with Gasteiger partial charge in [-0.05, 0) is 51.0 Å². The molecule has 6 heteroatoms. The highest BCUT2D eigenvalue weighted by Crippen LogP contribution is 2.35. The topological polar surface area (TPSA) is 64.1 Å². The summed E-state index contributed by atoms with van der Waals surface area (Å²) in [6, 6.07) is 6.42. The Hall–Kier alpha value is -1.95. The maximum absolute atomic E-state index is 6.32. The van der Waals surface area contributed by atoms with E-state index in [9.17, 15) is 0 Å². The Morgan fingerprint density at radius 2 is 2.07 bits per heavy atom. The van der Waals surface area contributed by atoms with Crippen LogP contribution in [0.4, 0.5) is 0 Å². The number of benzene rings is 1. The summed E-state index contributed by atoms with van der Waals surface area (Å²) in [7, 11) is 3.51. The number of guanidine groups is 1. The fourth-order valence-corrected chi connectivity index (χ4v) is 4.51. The summed E-state index contributed by atoms with van der Waals surface area (Å²) >= 11 is 0. The van der Waals surface area contributed by atoms with Crippen molar-refractivity contribution >= 4 is 5.96 Å². The van der Waals surface area contributed by atoms with Gasteiger partial charge in [0, 0.05) is 19.2 Å². The van der Waals surface area contributed by atoms with E-state index in [0.29, 0.717) is 30.9 Å². The molecule has 2 N–H and O–H groups in total. The van der Waals surface area contributed by atoms with Crippen LogP contribution < -0.4 is 20.1 Å². The molecule has 1 aromatic rings. The normalized spacial score (nSPS) is 27.8. The molecule has 2 bridgehead atoms. The van der Waals surface area contributed by atoms with Gasteiger partial charge in [-0.15, -0.1) is 0 Å². The van der Waals surface area contributed by atoms with Crippen LogP contribution >= 0.6 is 0 Å². The standard InChI is InChI=1S/C21H31N3O3/c1-22-21(24-17-12-16-10-11-18(17)26-16)23-13-14-6-5-9-19(25-2)20(14)27-15-7-3-4-8-15/h5-6,9,15-18H,3-4,7-8,10-13H2,1-2H3,(H2,22,23,24). The smallest absolute Gasteiger partial charge is 0.191 e. The van der Waals surface area contributed by atoms with Crippen LogP contribution in [0, 0.1) is 0 Å². The zero-order valence-corrected chi connectivity index (χ0v) is 16.4. The average molecular weight is 373 g/mol. The van der Waals surface area contributed by atoms with Crippen molar-refractivity contribution in [3.63, 3.8) is 0 Å². The third kappa shape index (κ3) is 4.15. The number of rotatable bonds is 6. The van der Waals surface area contributed by atoms with Crippen molar-refractivity contribution in [2.75, 3.05) is 14.2 Å². The minimum absolute atomic E-state index is 0.295. The molecule has 3 atom stereocenters. The predicted molar refractivity (Wildman–Crippen MR) is 106 cm³/mol. The van der Waals surface area contributed by atoms with Crippen molar-refractivity contribution < 1.29 is 14.2 Å². The molecule has 3 unspecified atom stereocenters. The van der Waals surface area contributed by atoms with Crippen molar-refractivity contribution in [2.45, 2.75) is 75.8 Å². The number of hydrogen-bond donors (Lipinski definition) is 2. The zero-order chi connectivity index (χ0) is 18.6. The summed E-state index contributed by atoms with van der Waals surface area (Å²) in [5, 5.41) is 6.97. The predicted octanol–water partition coefficient (Wildman–Crippen LogP) is 3.00. The third-order valence-electron chi connectivity index (χ3n) is 5.97. The number of nitrogens with zero attached hydrogens (tertiary/aromatic N) is 1. The maximum Gasteiger partial charge on any atom is 0.191 e. The lowest BCUT2D eigenvalue weighted by Crippen LogP contribution is -2.47. The van der Waals surface area contributed by atoms with Crippen LogP contribution in [0.25, 0.3) is 0 Å². The molecule has 0 spiro atoms. The van der Waals surface area contributed by atoms with Crippen LogP contribution in [0.3, 0.4) is 0 Å². The first-order valence-corrected chi connectivity index (χ1v) is 10.2. The van der Waals surface area contributed by atoms with Crippen molar-refractivity contribution in [1.29, 1.82) is 0 Å². The lowest BCUT2D eigenvalue weighted by Gasteiger charge is -2.23. The minimum Gasteiger partial charge on any atom is -0.493 e. The molecule has 2 aliphatic heterocycles. The molecule has 2 saturated heterocycles. The number of hydrogen-bond acceptors (Lipinski definition) is 4. The van der Waals surface area contributed by atoms with Crippen LogP contribution in [-0.4, -0.2) is 44.5 Å². The van der Waals surface area contributed by atoms with Gasteiger partial charge >= 0.3 is 0 Å². The Bertz CT molecular complexity index is 673. The zero-order valence-electron chi connectivity index (χ0n) is 16.4. The Labute approximate surface area is 161 Å². The van der Waals surface area contributed by atoms with E-state index in [1.54, 1.807) is 7.11 Å². The maximum atomic E-state index is 6.32. The molecule has 1 aromatic carbocycles. The molecule has 0 radical (unpaired) electrons. The molecule has 0 aromatic heterocycles. The highest BCUT2D eigenvalue weighted by atomic mass is 16.5. The SMILES string of the molecule is CN=C(NCc1cccc(OC)c1OC1CCCC1)NC1CC2CCC1O2. The van der Waals surface area contributed by atoms with E-state index in [-0.39, 0.29) is 0 Å². The molecule has 0 amide bonds. The monoisotopic (exact) mass is 373 g/mol. The summed E-state index contributed by atoms with van der Waals surface area (Å²) in [6.07, 6.45) is 9.20. The van der Waals surface area contributed by atoms with Gasteiger partial charge in [0.1, 0.15) is 0 Å². The fraction of sp³-hybridized carbons (Fsp3) is 0.667. The summed E-state index contributed by atoms with van der Waals surface area (Å²) in [6.45, 7) is 0.639.